The predicted molar refractivity (Wildman–Crippen MR) is 106 cm³/mol. The van der Waals surface area contributed by atoms with Crippen molar-refractivity contribution in [3.8, 4) is 11.5 Å². The Balaban J connectivity index is 1.73. The third-order valence-corrected chi connectivity index (χ3v) is 4.36. The standard InChI is InChI=1S/C23H23NO3/c1-26-20-13-18(14-21(15-20)27-2)16-24-23(25)22-11-7-6-10-19(22)12-17-8-4-3-5-9-17/h3-11,13-15H,12,16H2,1-2H3,(H,24,25). The van der Waals surface area contributed by atoms with E-state index in [1.54, 1.807) is 20.3 Å². The van der Waals surface area contributed by atoms with Crippen LogP contribution in [0.3, 0.4) is 0 Å². The van der Waals surface area contributed by atoms with Crippen LogP contribution in [0.15, 0.2) is 72.8 Å². The van der Waals surface area contributed by atoms with Gasteiger partial charge in [0.05, 0.1) is 14.2 Å². The maximum absolute atomic E-state index is 12.8. The van der Waals surface area contributed by atoms with Gasteiger partial charge in [0.15, 0.2) is 0 Å². The van der Waals surface area contributed by atoms with Gasteiger partial charge in [0.25, 0.3) is 5.91 Å². The monoisotopic (exact) mass is 361 g/mol. The van der Waals surface area contributed by atoms with E-state index < -0.39 is 0 Å². The summed E-state index contributed by atoms with van der Waals surface area (Å²) in [5.41, 5.74) is 3.79. The van der Waals surface area contributed by atoms with Gasteiger partial charge in [-0.05, 0) is 41.3 Å². The minimum absolute atomic E-state index is 0.0942. The number of rotatable bonds is 7. The lowest BCUT2D eigenvalue weighted by molar-refractivity contribution is 0.0950. The van der Waals surface area contributed by atoms with E-state index in [-0.39, 0.29) is 5.91 Å². The van der Waals surface area contributed by atoms with Crippen LogP contribution in [-0.4, -0.2) is 20.1 Å². The van der Waals surface area contributed by atoms with Gasteiger partial charge < -0.3 is 14.8 Å². The largest absolute Gasteiger partial charge is 0.497 e. The lowest BCUT2D eigenvalue weighted by atomic mass is 9.99. The molecule has 0 radical (unpaired) electrons. The van der Waals surface area contributed by atoms with Gasteiger partial charge in [-0.3, -0.25) is 4.79 Å². The van der Waals surface area contributed by atoms with Gasteiger partial charge in [-0.15, -0.1) is 0 Å². The molecule has 0 aromatic heterocycles. The molecule has 3 aromatic rings. The minimum Gasteiger partial charge on any atom is -0.497 e. The highest BCUT2D eigenvalue weighted by Gasteiger charge is 2.12. The van der Waals surface area contributed by atoms with E-state index >= 15 is 0 Å². The molecule has 0 fully saturated rings. The molecule has 0 saturated heterocycles. The van der Waals surface area contributed by atoms with E-state index in [4.69, 9.17) is 9.47 Å². The Kier molecular flexibility index (Phi) is 6.10. The Morgan fingerprint density at radius 1 is 0.815 bits per heavy atom. The molecule has 0 bridgehead atoms. The van der Waals surface area contributed by atoms with Crippen LogP contribution in [0.4, 0.5) is 0 Å². The molecular weight excluding hydrogens is 338 g/mol. The molecule has 0 aliphatic heterocycles. The van der Waals surface area contributed by atoms with E-state index in [9.17, 15) is 4.79 Å². The fourth-order valence-corrected chi connectivity index (χ4v) is 2.96. The zero-order valence-corrected chi connectivity index (χ0v) is 15.6. The molecule has 3 aromatic carbocycles. The van der Waals surface area contributed by atoms with Crippen molar-refractivity contribution >= 4 is 5.91 Å². The van der Waals surface area contributed by atoms with Crippen molar-refractivity contribution in [3.63, 3.8) is 0 Å². The summed E-state index contributed by atoms with van der Waals surface area (Å²) in [4.78, 5) is 12.8. The molecule has 4 nitrogen and oxygen atoms in total. The molecule has 4 heteroatoms. The minimum atomic E-state index is -0.0942. The molecular formula is C23H23NO3. The number of carbonyl (C=O) groups excluding carboxylic acids is 1. The topological polar surface area (TPSA) is 47.6 Å². The van der Waals surface area contributed by atoms with E-state index in [0.717, 1.165) is 17.5 Å². The first-order valence-corrected chi connectivity index (χ1v) is 8.81. The van der Waals surface area contributed by atoms with Gasteiger partial charge in [-0.2, -0.15) is 0 Å². The van der Waals surface area contributed by atoms with Gasteiger partial charge in [-0.1, -0.05) is 48.5 Å². The van der Waals surface area contributed by atoms with Gasteiger partial charge in [-0.25, -0.2) is 0 Å². The fourth-order valence-electron chi connectivity index (χ4n) is 2.96. The highest BCUT2D eigenvalue weighted by Crippen LogP contribution is 2.22. The van der Waals surface area contributed by atoms with Crippen molar-refractivity contribution in [3.05, 3.63) is 95.1 Å². The lowest BCUT2D eigenvalue weighted by Gasteiger charge is -2.12. The molecule has 0 unspecified atom stereocenters. The van der Waals surface area contributed by atoms with Crippen LogP contribution in [0.2, 0.25) is 0 Å². The van der Waals surface area contributed by atoms with Gasteiger partial charge in [0.1, 0.15) is 11.5 Å². The number of carbonyl (C=O) groups is 1. The Hall–Kier alpha value is -3.27. The second-order valence-corrected chi connectivity index (χ2v) is 6.22. The number of ether oxygens (including phenoxy) is 2. The van der Waals surface area contributed by atoms with Crippen LogP contribution in [0.5, 0.6) is 11.5 Å². The maximum Gasteiger partial charge on any atom is 0.251 e. The van der Waals surface area contributed by atoms with Crippen LogP contribution in [-0.2, 0) is 13.0 Å². The van der Waals surface area contributed by atoms with Crippen molar-refractivity contribution in [1.29, 1.82) is 0 Å². The quantitative estimate of drug-likeness (QED) is 0.685. The number of methoxy groups -OCH3 is 2. The number of hydrogen-bond acceptors (Lipinski definition) is 3. The summed E-state index contributed by atoms with van der Waals surface area (Å²) in [6, 6.07) is 23.4. The zero-order valence-electron chi connectivity index (χ0n) is 15.6. The molecule has 27 heavy (non-hydrogen) atoms. The molecule has 0 aliphatic carbocycles. The van der Waals surface area contributed by atoms with Crippen molar-refractivity contribution in [2.24, 2.45) is 0 Å². The summed E-state index contributed by atoms with van der Waals surface area (Å²) in [6.45, 7) is 0.395. The summed E-state index contributed by atoms with van der Waals surface area (Å²) in [5, 5.41) is 2.99. The maximum atomic E-state index is 12.8. The van der Waals surface area contributed by atoms with Gasteiger partial charge in [0, 0.05) is 18.2 Å². The highest BCUT2D eigenvalue weighted by atomic mass is 16.5. The summed E-state index contributed by atoms with van der Waals surface area (Å²) < 4.78 is 10.6. The number of benzene rings is 3. The Labute approximate surface area is 159 Å². The number of amides is 1. The molecule has 1 amide bonds. The van der Waals surface area contributed by atoms with Crippen LogP contribution >= 0.6 is 0 Å². The van der Waals surface area contributed by atoms with Gasteiger partial charge in [0.2, 0.25) is 0 Å². The van der Waals surface area contributed by atoms with Crippen LogP contribution < -0.4 is 14.8 Å². The first kappa shape index (κ1) is 18.5. The Bertz CT molecular complexity index is 884. The highest BCUT2D eigenvalue weighted by molar-refractivity contribution is 5.95. The fraction of sp³-hybridized carbons (Fsp3) is 0.174. The van der Waals surface area contributed by atoms with Crippen molar-refractivity contribution < 1.29 is 14.3 Å². The average Bonchev–Trinajstić information content (AvgIpc) is 2.72. The summed E-state index contributed by atoms with van der Waals surface area (Å²) in [7, 11) is 3.22. The van der Waals surface area contributed by atoms with E-state index in [2.05, 4.69) is 17.4 Å². The number of hydrogen-bond donors (Lipinski definition) is 1. The smallest absolute Gasteiger partial charge is 0.251 e. The van der Waals surface area contributed by atoms with E-state index in [1.807, 2.05) is 54.6 Å². The predicted octanol–water partition coefficient (Wildman–Crippen LogP) is 4.22. The Morgan fingerprint density at radius 2 is 1.44 bits per heavy atom. The lowest BCUT2D eigenvalue weighted by Crippen LogP contribution is -2.24. The van der Waals surface area contributed by atoms with Crippen molar-refractivity contribution in [2.45, 2.75) is 13.0 Å². The Morgan fingerprint density at radius 3 is 2.11 bits per heavy atom. The van der Waals surface area contributed by atoms with E-state index in [0.29, 0.717) is 23.6 Å². The number of nitrogens with one attached hydrogen (secondary N) is 1. The first-order valence-electron chi connectivity index (χ1n) is 8.81. The molecule has 3 rings (SSSR count). The second-order valence-electron chi connectivity index (χ2n) is 6.22. The molecule has 0 heterocycles. The second kappa shape index (κ2) is 8.90. The molecule has 0 spiro atoms. The third-order valence-electron chi connectivity index (χ3n) is 4.36. The molecule has 138 valence electrons. The molecule has 0 saturated carbocycles. The zero-order chi connectivity index (χ0) is 19.1. The van der Waals surface area contributed by atoms with Crippen molar-refractivity contribution in [2.75, 3.05) is 14.2 Å². The molecule has 1 N–H and O–H groups in total. The van der Waals surface area contributed by atoms with Crippen molar-refractivity contribution in [1.82, 2.24) is 5.32 Å². The SMILES string of the molecule is COc1cc(CNC(=O)c2ccccc2Cc2ccccc2)cc(OC)c1. The average molecular weight is 361 g/mol. The molecule has 0 aliphatic rings. The van der Waals surface area contributed by atoms with Crippen LogP contribution in [0.25, 0.3) is 0 Å². The van der Waals surface area contributed by atoms with Crippen LogP contribution in [0.1, 0.15) is 27.0 Å². The first-order chi connectivity index (χ1) is 13.2. The summed E-state index contributed by atoms with van der Waals surface area (Å²) >= 11 is 0. The van der Waals surface area contributed by atoms with E-state index in [1.165, 1.54) is 5.56 Å². The summed E-state index contributed by atoms with van der Waals surface area (Å²) in [6.07, 6.45) is 0.720. The normalized spacial score (nSPS) is 10.3. The van der Waals surface area contributed by atoms with Gasteiger partial charge >= 0.3 is 0 Å². The van der Waals surface area contributed by atoms with Crippen LogP contribution in [0, 0.1) is 0 Å². The third kappa shape index (κ3) is 4.88. The molecule has 0 atom stereocenters. The summed E-state index contributed by atoms with van der Waals surface area (Å²) in [5.74, 6) is 1.30.